The third-order valence-electron chi connectivity index (χ3n) is 6.57. The van der Waals surface area contributed by atoms with Crippen LogP contribution in [0.15, 0.2) is 11.1 Å². The van der Waals surface area contributed by atoms with E-state index in [1.807, 2.05) is 23.8 Å². The molecule has 2 aromatic heterocycles. The minimum absolute atomic E-state index is 0.00230. The van der Waals surface area contributed by atoms with Crippen LogP contribution in [0.2, 0.25) is 0 Å². The first-order valence-corrected chi connectivity index (χ1v) is 11.8. The number of likely N-dealkylation sites (tertiary alicyclic amines) is 1. The summed E-state index contributed by atoms with van der Waals surface area (Å²) in [6, 6.07) is 0.266. The number of carbonyl (C=O) groups excluding carboxylic acids is 2. The zero-order chi connectivity index (χ0) is 21.3. The first-order valence-electron chi connectivity index (χ1n) is 11.0. The second-order valence-electron chi connectivity index (χ2n) is 8.56. The van der Waals surface area contributed by atoms with Crippen molar-refractivity contribution in [2.45, 2.75) is 70.9 Å². The van der Waals surface area contributed by atoms with Crippen LogP contribution in [0.1, 0.15) is 66.6 Å². The standard InChI is InChI=1S/C22H30N4O3S/c1-15-18-20(30-19(15)22(29)24(2)16-9-5-3-6-10-16)23-14-26(21(18)28)13-17(27)25-11-7-4-8-12-25/h14,16H,3-13H2,1-2H3. The Hall–Kier alpha value is -2.22. The lowest BCUT2D eigenvalue weighted by Crippen LogP contribution is -2.39. The molecule has 2 amide bonds. The predicted molar refractivity (Wildman–Crippen MR) is 118 cm³/mol. The van der Waals surface area contributed by atoms with Crippen LogP contribution in [0.25, 0.3) is 10.2 Å². The van der Waals surface area contributed by atoms with Crippen LogP contribution in [-0.2, 0) is 11.3 Å². The number of hydrogen-bond acceptors (Lipinski definition) is 5. The third-order valence-corrected chi connectivity index (χ3v) is 7.76. The van der Waals surface area contributed by atoms with E-state index in [9.17, 15) is 14.4 Å². The van der Waals surface area contributed by atoms with E-state index >= 15 is 0 Å². The van der Waals surface area contributed by atoms with Gasteiger partial charge in [0.15, 0.2) is 0 Å². The maximum Gasteiger partial charge on any atom is 0.264 e. The second-order valence-corrected chi connectivity index (χ2v) is 9.56. The van der Waals surface area contributed by atoms with Crippen molar-refractivity contribution in [2.24, 2.45) is 0 Å². The molecule has 4 rings (SSSR count). The van der Waals surface area contributed by atoms with Gasteiger partial charge in [-0.2, -0.15) is 0 Å². The lowest BCUT2D eigenvalue weighted by molar-refractivity contribution is -0.132. The van der Waals surface area contributed by atoms with E-state index in [2.05, 4.69) is 4.98 Å². The highest BCUT2D eigenvalue weighted by Gasteiger charge is 2.27. The molecule has 7 nitrogen and oxygen atoms in total. The third kappa shape index (κ3) is 4.02. The van der Waals surface area contributed by atoms with Gasteiger partial charge in [-0.25, -0.2) is 4.98 Å². The van der Waals surface area contributed by atoms with Gasteiger partial charge in [0.25, 0.3) is 11.5 Å². The van der Waals surface area contributed by atoms with Gasteiger partial charge in [-0.1, -0.05) is 19.3 Å². The number of amides is 2. The van der Waals surface area contributed by atoms with E-state index in [0.29, 0.717) is 20.7 Å². The van der Waals surface area contributed by atoms with Crippen molar-refractivity contribution >= 4 is 33.4 Å². The summed E-state index contributed by atoms with van der Waals surface area (Å²) in [7, 11) is 1.87. The molecule has 0 aromatic carbocycles. The Balaban J connectivity index is 1.59. The Kier molecular flexibility index (Phi) is 6.22. The van der Waals surface area contributed by atoms with Gasteiger partial charge >= 0.3 is 0 Å². The summed E-state index contributed by atoms with van der Waals surface area (Å²) in [4.78, 5) is 48.1. The molecular weight excluding hydrogens is 400 g/mol. The van der Waals surface area contributed by atoms with Crippen molar-refractivity contribution in [3.05, 3.63) is 27.1 Å². The number of aromatic nitrogens is 2. The first kappa shape index (κ1) is 21.0. The van der Waals surface area contributed by atoms with Gasteiger partial charge < -0.3 is 9.80 Å². The highest BCUT2D eigenvalue weighted by molar-refractivity contribution is 7.20. The molecule has 2 aliphatic rings. The molecule has 1 aliphatic carbocycles. The Bertz CT molecular complexity index is 1000. The van der Waals surface area contributed by atoms with Crippen molar-refractivity contribution in [1.29, 1.82) is 0 Å². The van der Waals surface area contributed by atoms with Crippen LogP contribution < -0.4 is 5.56 Å². The van der Waals surface area contributed by atoms with E-state index in [-0.39, 0.29) is 30.0 Å². The summed E-state index contributed by atoms with van der Waals surface area (Å²) in [6.07, 6.45) is 10.3. The van der Waals surface area contributed by atoms with Crippen LogP contribution in [0.3, 0.4) is 0 Å². The normalized spacial score (nSPS) is 18.0. The fraction of sp³-hybridized carbons (Fsp3) is 0.636. The van der Waals surface area contributed by atoms with E-state index in [0.717, 1.165) is 58.0 Å². The van der Waals surface area contributed by atoms with Crippen LogP contribution in [0.5, 0.6) is 0 Å². The highest BCUT2D eigenvalue weighted by atomic mass is 32.1. The average Bonchev–Trinajstić information content (AvgIpc) is 3.12. The molecule has 30 heavy (non-hydrogen) atoms. The van der Waals surface area contributed by atoms with Gasteiger partial charge in [0.05, 0.1) is 16.6 Å². The Labute approximate surface area is 180 Å². The smallest absolute Gasteiger partial charge is 0.264 e. The topological polar surface area (TPSA) is 75.5 Å². The second kappa shape index (κ2) is 8.88. The van der Waals surface area contributed by atoms with Crippen LogP contribution in [0, 0.1) is 6.92 Å². The molecule has 2 fully saturated rings. The number of hydrogen-bond donors (Lipinski definition) is 0. The number of thiophene rings is 1. The quantitative estimate of drug-likeness (QED) is 0.747. The maximum absolute atomic E-state index is 13.2. The summed E-state index contributed by atoms with van der Waals surface area (Å²) in [5.74, 6) is -0.0723. The lowest BCUT2D eigenvalue weighted by Gasteiger charge is -2.31. The Morgan fingerprint density at radius 1 is 1.13 bits per heavy atom. The van der Waals surface area contributed by atoms with E-state index < -0.39 is 0 Å². The fourth-order valence-corrected chi connectivity index (χ4v) is 5.78. The van der Waals surface area contributed by atoms with Crippen molar-refractivity contribution in [3.8, 4) is 0 Å². The van der Waals surface area contributed by atoms with Gasteiger partial charge in [-0.15, -0.1) is 11.3 Å². The van der Waals surface area contributed by atoms with Crippen LogP contribution >= 0.6 is 11.3 Å². The van der Waals surface area contributed by atoms with Crippen molar-refractivity contribution in [2.75, 3.05) is 20.1 Å². The van der Waals surface area contributed by atoms with Crippen LogP contribution in [0.4, 0.5) is 0 Å². The van der Waals surface area contributed by atoms with Gasteiger partial charge in [0, 0.05) is 26.2 Å². The Morgan fingerprint density at radius 3 is 2.50 bits per heavy atom. The molecule has 1 saturated carbocycles. The van der Waals surface area contributed by atoms with E-state index in [1.54, 1.807) is 0 Å². The first-order chi connectivity index (χ1) is 14.5. The predicted octanol–water partition coefficient (Wildman–Crippen LogP) is 3.18. The molecule has 8 heteroatoms. The minimum atomic E-state index is -0.238. The largest absolute Gasteiger partial charge is 0.341 e. The molecule has 1 aliphatic heterocycles. The molecule has 162 valence electrons. The lowest BCUT2D eigenvalue weighted by atomic mass is 9.94. The van der Waals surface area contributed by atoms with E-state index in [1.165, 1.54) is 28.7 Å². The molecule has 0 radical (unpaired) electrons. The average molecular weight is 431 g/mol. The maximum atomic E-state index is 13.2. The summed E-state index contributed by atoms with van der Waals surface area (Å²) in [5.41, 5.74) is 0.443. The number of piperidine rings is 1. The highest BCUT2D eigenvalue weighted by Crippen LogP contribution is 2.30. The molecule has 0 bridgehead atoms. The molecule has 0 N–H and O–H groups in total. The molecule has 0 spiro atoms. The molecule has 0 atom stereocenters. The molecule has 2 aromatic rings. The zero-order valence-corrected chi connectivity index (χ0v) is 18.7. The number of nitrogens with zero attached hydrogens (tertiary/aromatic N) is 4. The van der Waals surface area contributed by atoms with Crippen molar-refractivity contribution < 1.29 is 9.59 Å². The van der Waals surface area contributed by atoms with Gasteiger partial charge in [0.2, 0.25) is 5.91 Å². The molecule has 1 saturated heterocycles. The molecule has 0 unspecified atom stereocenters. The van der Waals surface area contributed by atoms with E-state index in [4.69, 9.17) is 0 Å². The number of fused-ring (bicyclic) bond motifs is 1. The SMILES string of the molecule is Cc1c(C(=O)N(C)C2CCCCC2)sc2ncn(CC(=O)N3CCCCC3)c(=O)c12. The number of carbonyl (C=O) groups is 2. The van der Waals surface area contributed by atoms with Crippen molar-refractivity contribution in [3.63, 3.8) is 0 Å². The minimum Gasteiger partial charge on any atom is -0.341 e. The van der Waals surface area contributed by atoms with Gasteiger partial charge in [0.1, 0.15) is 11.4 Å². The monoisotopic (exact) mass is 430 g/mol. The molecule has 3 heterocycles. The summed E-state index contributed by atoms with van der Waals surface area (Å²) >= 11 is 1.28. The van der Waals surface area contributed by atoms with Gasteiger partial charge in [-0.3, -0.25) is 19.0 Å². The number of rotatable bonds is 4. The fourth-order valence-electron chi connectivity index (χ4n) is 4.66. The summed E-state index contributed by atoms with van der Waals surface area (Å²) in [6.45, 7) is 3.34. The summed E-state index contributed by atoms with van der Waals surface area (Å²) in [5, 5.41) is 0.467. The molecular formula is C22H30N4O3S. The number of aryl methyl sites for hydroxylation is 1. The van der Waals surface area contributed by atoms with Crippen molar-refractivity contribution in [1.82, 2.24) is 19.4 Å². The van der Waals surface area contributed by atoms with Crippen LogP contribution in [-0.4, -0.2) is 57.3 Å². The zero-order valence-electron chi connectivity index (χ0n) is 17.9. The van der Waals surface area contributed by atoms with Gasteiger partial charge in [-0.05, 0) is 44.6 Å². The Morgan fingerprint density at radius 2 is 1.80 bits per heavy atom. The summed E-state index contributed by atoms with van der Waals surface area (Å²) < 4.78 is 1.39.